The van der Waals surface area contributed by atoms with Gasteiger partial charge in [0.25, 0.3) is 5.17 Å². The van der Waals surface area contributed by atoms with Crippen molar-refractivity contribution in [3.63, 3.8) is 0 Å². The molecule has 1 saturated heterocycles. The Labute approximate surface area is 117 Å². The van der Waals surface area contributed by atoms with Gasteiger partial charge in [0.15, 0.2) is 11.5 Å². The molecular weight excluding hydrogens is 266 g/mol. The second-order valence-corrected chi connectivity index (χ2v) is 4.48. The number of methoxy groups -OCH3 is 1. The standard InChI is InChI=1S/C13H17NO4S/c1-16-11-4-2-3-5-12(11)17-7-6-14-8-10(9-15)18-13(14)19/h2-5,10,15H,6-9H2,1H3. The quantitative estimate of drug-likeness (QED) is 0.788. The molecule has 0 radical (unpaired) electrons. The van der Waals surface area contributed by atoms with E-state index in [-0.39, 0.29) is 12.7 Å². The van der Waals surface area contributed by atoms with Crippen molar-refractivity contribution in [1.29, 1.82) is 0 Å². The number of benzene rings is 1. The molecule has 1 fully saturated rings. The highest BCUT2D eigenvalue weighted by Crippen LogP contribution is 2.25. The van der Waals surface area contributed by atoms with Gasteiger partial charge in [0.1, 0.15) is 12.7 Å². The number of hydrogen-bond acceptors (Lipinski definition) is 5. The molecule has 0 bridgehead atoms. The predicted octanol–water partition coefficient (Wildman–Crippen LogP) is 1.05. The van der Waals surface area contributed by atoms with E-state index < -0.39 is 0 Å². The van der Waals surface area contributed by atoms with Crippen LogP contribution in [-0.4, -0.2) is 54.7 Å². The minimum Gasteiger partial charge on any atom is -0.493 e. The molecule has 1 aliphatic heterocycles. The third-order valence-electron chi connectivity index (χ3n) is 2.84. The lowest BCUT2D eigenvalue weighted by atomic mass is 10.3. The van der Waals surface area contributed by atoms with Crippen LogP contribution in [0.15, 0.2) is 24.3 Å². The first kappa shape index (κ1) is 13.9. The third-order valence-corrected chi connectivity index (χ3v) is 3.20. The molecular formula is C13H17NO4S. The van der Waals surface area contributed by atoms with E-state index in [0.717, 1.165) is 0 Å². The summed E-state index contributed by atoms with van der Waals surface area (Å²) < 4.78 is 16.2. The zero-order chi connectivity index (χ0) is 13.7. The smallest absolute Gasteiger partial charge is 0.259 e. The number of hydrogen-bond donors (Lipinski definition) is 1. The van der Waals surface area contributed by atoms with Gasteiger partial charge in [0.05, 0.1) is 26.8 Å². The van der Waals surface area contributed by atoms with Crippen molar-refractivity contribution in [2.24, 2.45) is 0 Å². The van der Waals surface area contributed by atoms with E-state index in [1.807, 2.05) is 29.2 Å². The monoisotopic (exact) mass is 283 g/mol. The molecule has 19 heavy (non-hydrogen) atoms. The van der Waals surface area contributed by atoms with Crippen LogP contribution in [0.25, 0.3) is 0 Å². The van der Waals surface area contributed by atoms with Gasteiger partial charge in [0, 0.05) is 0 Å². The van der Waals surface area contributed by atoms with Gasteiger partial charge in [0.2, 0.25) is 0 Å². The average Bonchev–Trinajstić information content (AvgIpc) is 2.80. The number of rotatable bonds is 6. The van der Waals surface area contributed by atoms with E-state index in [1.165, 1.54) is 0 Å². The molecule has 1 atom stereocenters. The van der Waals surface area contributed by atoms with Gasteiger partial charge in [-0.15, -0.1) is 0 Å². The largest absolute Gasteiger partial charge is 0.493 e. The fraction of sp³-hybridized carbons (Fsp3) is 0.462. The van der Waals surface area contributed by atoms with Crippen LogP contribution in [-0.2, 0) is 4.74 Å². The van der Waals surface area contributed by atoms with Crippen molar-refractivity contribution in [3.8, 4) is 11.5 Å². The zero-order valence-corrected chi connectivity index (χ0v) is 11.6. The van der Waals surface area contributed by atoms with E-state index >= 15 is 0 Å². The van der Waals surface area contributed by atoms with Gasteiger partial charge in [-0.25, -0.2) is 0 Å². The van der Waals surface area contributed by atoms with Gasteiger partial charge < -0.3 is 24.2 Å². The third kappa shape index (κ3) is 3.48. The molecule has 6 heteroatoms. The lowest BCUT2D eigenvalue weighted by Gasteiger charge is -2.16. The summed E-state index contributed by atoms with van der Waals surface area (Å²) in [6.07, 6.45) is -0.223. The van der Waals surface area contributed by atoms with E-state index in [2.05, 4.69) is 0 Å². The van der Waals surface area contributed by atoms with Crippen LogP contribution in [0, 0.1) is 0 Å². The fourth-order valence-electron chi connectivity index (χ4n) is 1.86. The maximum absolute atomic E-state index is 9.01. The summed E-state index contributed by atoms with van der Waals surface area (Å²) in [5.41, 5.74) is 0. The first-order chi connectivity index (χ1) is 9.24. The molecule has 0 aromatic heterocycles. The SMILES string of the molecule is COc1ccccc1OCCN1CC(CO)OC1=S. The van der Waals surface area contributed by atoms with E-state index in [9.17, 15) is 0 Å². The van der Waals surface area contributed by atoms with Crippen LogP contribution in [0.2, 0.25) is 0 Å². The summed E-state index contributed by atoms with van der Waals surface area (Å²) in [6, 6.07) is 7.49. The van der Waals surface area contributed by atoms with E-state index in [0.29, 0.717) is 36.4 Å². The number of aliphatic hydroxyl groups is 1. The molecule has 0 amide bonds. The number of nitrogens with zero attached hydrogens (tertiary/aromatic N) is 1. The fourth-order valence-corrected chi connectivity index (χ4v) is 2.16. The molecule has 5 nitrogen and oxygen atoms in total. The molecule has 1 N–H and O–H groups in total. The number of ether oxygens (including phenoxy) is 3. The second kappa shape index (κ2) is 6.58. The Morgan fingerprint density at radius 2 is 2.16 bits per heavy atom. The van der Waals surface area contributed by atoms with Gasteiger partial charge in [-0.1, -0.05) is 12.1 Å². The molecule has 1 unspecified atom stereocenters. The van der Waals surface area contributed by atoms with Gasteiger partial charge >= 0.3 is 0 Å². The van der Waals surface area contributed by atoms with Crippen molar-refractivity contribution in [1.82, 2.24) is 4.90 Å². The summed E-state index contributed by atoms with van der Waals surface area (Å²) in [5, 5.41) is 9.43. The van der Waals surface area contributed by atoms with E-state index in [4.69, 9.17) is 31.5 Å². The minimum absolute atomic E-state index is 0.0238. The summed E-state index contributed by atoms with van der Waals surface area (Å²) in [7, 11) is 1.61. The zero-order valence-electron chi connectivity index (χ0n) is 10.7. The van der Waals surface area contributed by atoms with Gasteiger partial charge in [-0.3, -0.25) is 0 Å². The molecule has 1 aromatic carbocycles. The molecule has 1 aromatic rings. The summed E-state index contributed by atoms with van der Waals surface area (Å²) >= 11 is 5.07. The second-order valence-electron chi connectivity index (χ2n) is 4.13. The Kier molecular flexibility index (Phi) is 4.81. The number of aliphatic hydroxyl groups excluding tert-OH is 1. The first-order valence-corrected chi connectivity index (χ1v) is 6.47. The molecule has 1 aliphatic rings. The maximum atomic E-state index is 9.01. The number of para-hydroxylation sites is 2. The van der Waals surface area contributed by atoms with E-state index in [1.54, 1.807) is 7.11 Å². The molecule has 104 valence electrons. The Balaban J connectivity index is 1.82. The highest BCUT2D eigenvalue weighted by Gasteiger charge is 2.27. The van der Waals surface area contributed by atoms with Crippen LogP contribution in [0.5, 0.6) is 11.5 Å². The molecule has 0 spiro atoms. The van der Waals surface area contributed by atoms with Crippen molar-refractivity contribution < 1.29 is 19.3 Å². The van der Waals surface area contributed by atoms with Crippen LogP contribution in [0.4, 0.5) is 0 Å². The normalized spacial score (nSPS) is 18.3. The lowest BCUT2D eigenvalue weighted by Crippen LogP contribution is -2.30. The summed E-state index contributed by atoms with van der Waals surface area (Å²) in [5.74, 6) is 1.41. The van der Waals surface area contributed by atoms with Crippen LogP contribution >= 0.6 is 12.2 Å². The van der Waals surface area contributed by atoms with Gasteiger partial charge in [-0.05, 0) is 24.4 Å². The Hall–Kier alpha value is -1.53. The Bertz CT molecular complexity index is 440. The minimum atomic E-state index is -0.223. The van der Waals surface area contributed by atoms with Crippen LogP contribution < -0.4 is 9.47 Å². The molecule has 0 aliphatic carbocycles. The number of thiocarbonyl (C=S) groups is 1. The van der Waals surface area contributed by atoms with Crippen molar-refractivity contribution in [3.05, 3.63) is 24.3 Å². The maximum Gasteiger partial charge on any atom is 0.259 e. The Morgan fingerprint density at radius 1 is 1.42 bits per heavy atom. The molecule has 0 saturated carbocycles. The Morgan fingerprint density at radius 3 is 2.79 bits per heavy atom. The van der Waals surface area contributed by atoms with Crippen LogP contribution in [0.1, 0.15) is 0 Å². The first-order valence-electron chi connectivity index (χ1n) is 6.07. The summed E-state index contributed by atoms with van der Waals surface area (Å²) in [6.45, 7) is 1.67. The topological polar surface area (TPSA) is 51.2 Å². The van der Waals surface area contributed by atoms with Crippen molar-refractivity contribution >= 4 is 17.4 Å². The molecule has 2 rings (SSSR count). The van der Waals surface area contributed by atoms with Crippen LogP contribution in [0.3, 0.4) is 0 Å². The van der Waals surface area contributed by atoms with Crippen molar-refractivity contribution in [2.75, 3.05) is 33.4 Å². The lowest BCUT2D eigenvalue weighted by molar-refractivity contribution is 0.133. The highest BCUT2D eigenvalue weighted by atomic mass is 32.1. The summed E-state index contributed by atoms with van der Waals surface area (Å²) in [4.78, 5) is 1.88. The van der Waals surface area contributed by atoms with Crippen molar-refractivity contribution in [2.45, 2.75) is 6.10 Å². The molecule has 1 heterocycles. The van der Waals surface area contributed by atoms with Gasteiger partial charge in [-0.2, -0.15) is 0 Å². The predicted molar refractivity (Wildman–Crippen MR) is 74.6 cm³/mol. The average molecular weight is 283 g/mol. The highest BCUT2D eigenvalue weighted by molar-refractivity contribution is 7.80.